The molecule has 9 nitrogen and oxygen atoms in total. The van der Waals surface area contributed by atoms with Gasteiger partial charge < -0.3 is 14.6 Å². The van der Waals surface area contributed by atoms with E-state index in [0.29, 0.717) is 22.6 Å². The van der Waals surface area contributed by atoms with Gasteiger partial charge in [0.15, 0.2) is 11.4 Å². The molecule has 0 radical (unpaired) electrons. The number of H-pyrrole nitrogens is 1. The van der Waals surface area contributed by atoms with Gasteiger partial charge in [-0.15, -0.1) is 5.11 Å². The van der Waals surface area contributed by atoms with Crippen LogP contribution in [-0.4, -0.2) is 31.5 Å². The molecule has 0 saturated heterocycles. The van der Waals surface area contributed by atoms with Crippen LogP contribution in [0.25, 0.3) is 22.7 Å². The predicted octanol–water partition coefficient (Wildman–Crippen LogP) is 5.70. The van der Waals surface area contributed by atoms with Crippen molar-refractivity contribution in [3.63, 3.8) is 0 Å². The minimum absolute atomic E-state index is 0.0299. The highest BCUT2D eigenvalue weighted by atomic mass is 16.4. The van der Waals surface area contributed by atoms with Gasteiger partial charge in [-0.05, 0) is 67.0 Å². The molecule has 1 aliphatic carbocycles. The van der Waals surface area contributed by atoms with Crippen LogP contribution in [0.4, 0.5) is 5.69 Å². The second-order valence-electron chi connectivity index (χ2n) is 8.90. The number of aryl methyl sites for hydroxylation is 2. The van der Waals surface area contributed by atoms with Crippen molar-refractivity contribution in [1.29, 1.82) is 0 Å². The largest absolute Gasteiger partial charge is 0.507 e. The van der Waals surface area contributed by atoms with Crippen molar-refractivity contribution < 1.29 is 19.4 Å². The van der Waals surface area contributed by atoms with Crippen LogP contribution in [0.5, 0.6) is 5.75 Å². The number of aliphatic carboxylic acids is 1. The summed E-state index contributed by atoms with van der Waals surface area (Å²) in [5.41, 5.74) is 1.67. The Morgan fingerprint density at radius 3 is 2.62 bits per heavy atom. The molecular weight excluding hydrogens is 472 g/mol. The van der Waals surface area contributed by atoms with Crippen LogP contribution in [-0.2, 0) is 4.79 Å². The number of benzene rings is 2. The average molecular weight is 497 g/mol. The number of aromatic nitrogens is 2. The van der Waals surface area contributed by atoms with Gasteiger partial charge in [-0.1, -0.05) is 36.4 Å². The van der Waals surface area contributed by atoms with E-state index in [0.717, 1.165) is 11.1 Å². The SMILES string of the molecule is Cc1ccc(-n2[nH]c(-c3ccco3)c(N=NC3(C(=O)O)C=CC=C(c4ccccc4O)C3)c2=O)cc1C. The fourth-order valence-electron chi connectivity index (χ4n) is 4.22. The van der Waals surface area contributed by atoms with E-state index in [4.69, 9.17) is 4.42 Å². The number of rotatable bonds is 6. The highest BCUT2D eigenvalue weighted by molar-refractivity contribution is 5.88. The van der Waals surface area contributed by atoms with Crippen LogP contribution in [0, 0.1) is 13.8 Å². The lowest BCUT2D eigenvalue weighted by Crippen LogP contribution is -2.35. The van der Waals surface area contributed by atoms with Gasteiger partial charge in [0.2, 0.25) is 5.54 Å². The molecule has 3 N–H and O–H groups in total. The number of carboxylic acids is 1. The number of nitrogens with one attached hydrogen (secondary N) is 1. The Hall–Kier alpha value is -4.92. The van der Waals surface area contributed by atoms with Crippen LogP contribution in [0.15, 0.2) is 98.5 Å². The first-order chi connectivity index (χ1) is 17.8. The summed E-state index contributed by atoms with van der Waals surface area (Å²) in [6, 6.07) is 15.6. The first kappa shape index (κ1) is 23.8. The molecule has 4 aromatic rings. The van der Waals surface area contributed by atoms with Crippen molar-refractivity contribution in [1.82, 2.24) is 9.78 Å². The molecule has 0 aliphatic heterocycles. The molecule has 0 amide bonds. The van der Waals surface area contributed by atoms with Crippen molar-refractivity contribution >= 4 is 17.2 Å². The van der Waals surface area contributed by atoms with Crippen LogP contribution in [0.3, 0.4) is 0 Å². The Labute approximate surface area is 211 Å². The smallest absolute Gasteiger partial charge is 0.337 e. The second-order valence-corrected chi connectivity index (χ2v) is 8.90. The Bertz CT molecular complexity index is 1640. The van der Waals surface area contributed by atoms with Gasteiger partial charge in [0, 0.05) is 12.0 Å². The molecule has 2 aromatic carbocycles. The molecule has 1 unspecified atom stereocenters. The molecule has 9 heteroatoms. The Kier molecular flexibility index (Phi) is 5.96. The standard InChI is InChI=1S/C28H24N4O5/c1-17-11-12-20(15-18(17)2)32-26(34)25(24(30-32)23-10-6-14-37-23)29-31-28(27(35)36)13-5-7-19(16-28)21-8-3-4-9-22(21)33/h3-15,30,33H,16H2,1-2H3,(H,35,36). The Balaban J connectivity index is 1.60. The number of hydrogen-bond donors (Lipinski definition) is 3. The van der Waals surface area contributed by atoms with E-state index in [1.54, 1.807) is 48.6 Å². The number of azo groups is 1. The lowest BCUT2D eigenvalue weighted by atomic mass is 9.84. The number of para-hydroxylation sites is 1. The number of allylic oxidation sites excluding steroid dienone is 2. The van der Waals surface area contributed by atoms with E-state index in [1.807, 2.05) is 26.0 Å². The van der Waals surface area contributed by atoms with Crippen molar-refractivity contribution in [2.45, 2.75) is 25.8 Å². The molecule has 1 atom stereocenters. The van der Waals surface area contributed by atoms with Crippen molar-refractivity contribution in [2.75, 3.05) is 0 Å². The van der Waals surface area contributed by atoms with E-state index >= 15 is 0 Å². The van der Waals surface area contributed by atoms with Crippen LogP contribution in [0.1, 0.15) is 23.1 Å². The van der Waals surface area contributed by atoms with Crippen LogP contribution in [0.2, 0.25) is 0 Å². The van der Waals surface area contributed by atoms with Crippen LogP contribution >= 0.6 is 0 Å². The molecule has 37 heavy (non-hydrogen) atoms. The van der Waals surface area contributed by atoms with E-state index in [9.17, 15) is 19.8 Å². The van der Waals surface area contributed by atoms with Crippen molar-refractivity contribution in [3.8, 4) is 22.9 Å². The fraction of sp³-hybridized carbons (Fsp3) is 0.143. The van der Waals surface area contributed by atoms with Crippen LogP contribution < -0.4 is 5.56 Å². The normalized spacial score (nSPS) is 17.3. The number of furan rings is 1. The number of phenolic OH excluding ortho intramolecular Hbond substituents is 1. The summed E-state index contributed by atoms with van der Waals surface area (Å²) in [5, 5.41) is 31.9. The summed E-state index contributed by atoms with van der Waals surface area (Å²) in [4.78, 5) is 25.9. The highest BCUT2D eigenvalue weighted by Crippen LogP contribution is 2.38. The number of carboxylic acid groups (broad SMARTS) is 1. The molecule has 0 bridgehead atoms. The maximum Gasteiger partial charge on any atom is 0.337 e. The van der Waals surface area contributed by atoms with E-state index < -0.39 is 17.1 Å². The third-order valence-corrected chi connectivity index (χ3v) is 6.46. The number of hydrogen-bond acceptors (Lipinski definition) is 6. The quantitative estimate of drug-likeness (QED) is 0.295. The zero-order chi connectivity index (χ0) is 26.2. The van der Waals surface area contributed by atoms with Gasteiger partial charge in [0.1, 0.15) is 11.4 Å². The predicted molar refractivity (Wildman–Crippen MR) is 138 cm³/mol. The molecule has 2 aromatic heterocycles. The summed E-state index contributed by atoms with van der Waals surface area (Å²) < 4.78 is 6.84. The van der Waals surface area contributed by atoms with E-state index in [2.05, 4.69) is 15.3 Å². The maximum absolute atomic E-state index is 13.5. The molecule has 2 heterocycles. The molecule has 5 rings (SSSR count). The van der Waals surface area contributed by atoms with Crippen molar-refractivity contribution in [3.05, 3.63) is 106 Å². The first-order valence-corrected chi connectivity index (χ1v) is 11.6. The molecule has 0 fully saturated rings. The minimum atomic E-state index is -1.78. The summed E-state index contributed by atoms with van der Waals surface area (Å²) in [6.07, 6.45) is 6.11. The summed E-state index contributed by atoms with van der Waals surface area (Å²) >= 11 is 0. The number of aromatic amines is 1. The zero-order valence-corrected chi connectivity index (χ0v) is 20.2. The van der Waals surface area contributed by atoms with E-state index in [1.165, 1.54) is 23.1 Å². The number of aromatic hydroxyl groups is 1. The van der Waals surface area contributed by atoms with Gasteiger partial charge in [-0.2, -0.15) is 5.11 Å². The molecule has 186 valence electrons. The molecule has 0 saturated carbocycles. The van der Waals surface area contributed by atoms with Gasteiger partial charge in [-0.25, -0.2) is 9.48 Å². The van der Waals surface area contributed by atoms with Gasteiger partial charge >= 0.3 is 5.97 Å². The first-order valence-electron chi connectivity index (χ1n) is 11.6. The average Bonchev–Trinajstić information content (AvgIpc) is 3.53. The summed E-state index contributed by atoms with van der Waals surface area (Å²) in [6.45, 7) is 3.92. The third-order valence-electron chi connectivity index (χ3n) is 6.46. The van der Waals surface area contributed by atoms with Gasteiger partial charge in [-0.3, -0.25) is 9.89 Å². The minimum Gasteiger partial charge on any atom is -0.507 e. The maximum atomic E-state index is 13.5. The Morgan fingerprint density at radius 1 is 1.11 bits per heavy atom. The van der Waals surface area contributed by atoms with Crippen molar-refractivity contribution in [2.24, 2.45) is 10.2 Å². The topological polar surface area (TPSA) is 133 Å². The second kappa shape index (κ2) is 9.27. The van der Waals surface area contributed by atoms with E-state index in [-0.39, 0.29) is 23.6 Å². The number of carbonyl (C=O) groups is 1. The molecule has 1 aliphatic rings. The monoisotopic (exact) mass is 496 g/mol. The zero-order valence-electron chi connectivity index (χ0n) is 20.2. The Morgan fingerprint density at radius 2 is 1.92 bits per heavy atom. The molecular formula is C28H24N4O5. The lowest BCUT2D eigenvalue weighted by molar-refractivity contribution is -0.141. The highest BCUT2D eigenvalue weighted by Gasteiger charge is 2.39. The summed E-state index contributed by atoms with van der Waals surface area (Å²) in [5.74, 6) is -0.854. The number of nitrogens with zero attached hydrogens (tertiary/aromatic N) is 3. The van der Waals surface area contributed by atoms with Gasteiger partial charge in [0.05, 0.1) is 12.0 Å². The number of phenols is 1. The third kappa shape index (κ3) is 4.31. The summed E-state index contributed by atoms with van der Waals surface area (Å²) in [7, 11) is 0. The molecule has 0 spiro atoms. The fourth-order valence-corrected chi connectivity index (χ4v) is 4.22. The lowest BCUT2D eigenvalue weighted by Gasteiger charge is -2.24. The van der Waals surface area contributed by atoms with Gasteiger partial charge in [0.25, 0.3) is 5.56 Å².